The molecule has 2 unspecified atom stereocenters. The summed E-state index contributed by atoms with van der Waals surface area (Å²) >= 11 is 0. The Bertz CT molecular complexity index is 1250. The first-order valence-electron chi connectivity index (χ1n) is 36.6. The van der Waals surface area contributed by atoms with Gasteiger partial charge in [0.05, 0.1) is 25.4 Å². The van der Waals surface area contributed by atoms with Crippen molar-refractivity contribution in [1.82, 2.24) is 5.32 Å². The molecule has 6 nitrogen and oxygen atoms in total. The maximum absolute atomic E-state index is 12.5. The highest BCUT2D eigenvalue weighted by Gasteiger charge is 2.20. The number of nitrogens with one attached hydrogen (secondary N) is 1. The third kappa shape index (κ3) is 65.5. The molecular formula is C74H143NO5. The highest BCUT2D eigenvalue weighted by Crippen LogP contribution is 2.19. The number of rotatable bonds is 69. The van der Waals surface area contributed by atoms with Crippen LogP contribution in [0.4, 0.5) is 0 Å². The van der Waals surface area contributed by atoms with Crippen LogP contribution in [-0.2, 0) is 14.3 Å². The van der Waals surface area contributed by atoms with Crippen LogP contribution in [0.2, 0.25) is 0 Å². The van der Waals surface area contributed by atoms with E-state index in [1.54, 1.807) is 0 Å². The summed E-state index contributed by atoms with van der Waals surface area (Å²) in [5.41, 5.74) is 0. The van der Waals surface area contributed by atoms with Gasteiger partial charge in [0.25, 0.3) is 0 Å². The monoisotopic (exact) mass is 1130 g/mol. The van der Waals surface area contributed by atoms with E-state index in [2.05, 4.69) is 43.5 Å². The molecule has 0 aliphatic heterocycles. The van der Waals surface area contributed by atoms with E-state index < -0.39 is 12.1 Å². The second kappa shape index (κ2) is 69.8. The van der Waals surface area contributed by atoms with Crippen molar-refractivity contribution in [2.24, 2.45) is 0 Å². The van der Waals surface area contributed by atoms with Gasteiger partial charge in [0.1, 0.15) is 0 Å². The van der Waals surface area contributed by atoms with Crippen molar-refractivity contribution in [1.29, 1.82) is 0 Å². The largest absolute Gasteiger partial charge is 0.466 e. The number of carbonyl (C=O) groups excluding carboxylic acids is 2. The van der Waals surface area contributed by atoms with Gasteiger partial charge in [-0.25, -0.2) is 0 Å². The highest BCUT2D eigenvalue weighted by atomic mass is 16.5. The minimum atomic E-state index is -0.665. The molecular weight excluding hydrogens is 983 g/mol. The van der Waals surface area contributed by atoms with Crippen molar-refractivity contribution in [2.75, 3.05) is 13.2 Å². The summed E-state index contributed by atoms with van der Waals surface area (Å²) in [6, 6.07) is -0.542. The summed E-state index contributed by atoms with van der Waals surface area (Å²) in [4.78, 5) is 24.6. The van der Waals surface area contributed by atoms with Gasteiger partial charge in [0.15, 0.2) is 0 Å². The molecule has 6 heteroatoms. The van der Waals surface area contributed by atoms with E-state index in [1.165, 1.54) is 334 Å². The predicted octanol–water partition coefficient (Wildman–Crippen LogP) is 23.7. The summed E-state index contributed by atoms with van der Waals surface area (Å²) in [6.07, 6.45) is 88.1. The third-order valence-electron chi connectivity index (χ3n) is 17.3. The molecule has 0 aromatic carbocycles. The van der Waals surface area contributed by atoms with E-state index >= 15 is 0 Å². The van der Waals surface area contributed by atoms with Crippen LogP contribution in [-0.4, -0.2) is 47.4 Å². The van der Waals surface area contributed by atoms with Crippen LogP contribution in [0.1, 0.15) is 412 Å². The summed E-state index contributed by atoms with van der Waals surface area (Å²) < 4.78 is 5.51. The molecule has 3 N–H and O–H groups in total. The van der Waals surface area contributed by atoms with Gasteiger partial charge < -0.3 is 20.3 Å². The van der Waals surface area contributed by atoms with Crippen LogP contribution in [0.5, 0.6) is 0 Å². The van der Waals surface area contributed by atoms with Gasteiger partial charge in [-0.1, -0.05) is 366 Å². The van der Waals surface area contributed by atoms with E-state index in [9.17, 15) is 19.8 Å². The van der Waals surface area contributed by atoms with Crippen LogP contribution in [0.25, 0.3) is 0 Å². The second-order valence-corrected chi connectivity index (χ2v) is 25.3. The zero-order valence-corrected chi connectivity index (χ0v) is 54.3. The number of hydrogen-bond acceptors (Lipinski definition) is 5. The first-order chi connectivity index (χ1) is 39.5. The summed E-state index contributed by atoms with van der Waals surface area (Å²) in [5, 5.41) is 23.3. The lowest BCUT2D eigenvalue weighted by Crippen LogP contribution is -2.45. The summed E-state index contributed by atoms with van der Waals surface area (Å²) in [7, 11) is 0. The first-order valence-corrected chi connectivity index (χ1v) is 36.6. The maximum Gasteiger partial charge on any atom is 0.305 e. The minimum Gasteiger partial charge on any atom is -0.466 e. The molecule has 0 aromatic heterocycles. The Morgan fingerprint density at radius 3 is 0.950 bits per heavy atom. The number of hydrogen-bond donors (Lipinski definition) is 3. The quantitative estimate of drug-likeness (QED) is 0.0320. The van der Waals surface area contributed by atoms with E-state index in [4.69, 9.17) is 4.74 Å². The van der Waals surface area contributed by atoms with Crippen molar-refractivity contribution in [2.45, 2.75) is 424 Å². The SMILES string of the molecule is CCCCCCCCCCCCCCCCCCCCCC(=O)OCCCCCCCCCCC/C=C\C/C=C\CCCCCCCCCCCCCCCC(=O)NC(CO)C(O)CCCCCCCCCCCCCCCCC. The Labute approximate surface area is 501 Å². The van der Waals surface area contributed by atoms with Gasteiger partial charge in [0.2, 0.25) is 5.91 Å². The molecule has 474 valence electrons. The highest BCUT2D eigenvalue weighted by molar-refractivity contribution is 5.76. The Hall–Kier alpha value is -1.66. The van der Waals surface area contributed by atoms with E-state index in [0.717, 1.165) is 44.9 Å². The summed E-state index contributed by atoms with van der Waals surface area (Å²) in [5.74, 6) is -0.0154. The molecule has 0 aliphatic rings. The van der Waals surface area contributed by atoms with Gasteiger partial charge in [-0.3, -0.25) is 9.59 Å². The van der Waals surface area contributed by atoms with Crippen molar-refractivity contribution in [3.8, 4) is 0 Å². The zero-order chi connectivity index (χ0) is 57.8. The van der Waals surface area contributed by atoms with Crippen LogP contribution < -0.4 is 5.32 Å². The molecule has 0 fully saturated rings. The second-order valence-electron chi connectivity index (χ2n) is 25.3. The van der Waals surface area contributed by atoms with Gasteiger partial charge in [-0.2, -0.15) is 0 Å². The molecule has 0 aromatic rings. The molecule has 2 atom stereocenters. The van der Waals surface area contributed by atoms with Crippen molar-refractivity contribution in [3.63, 3.8) is 0 Å². The number of esters is 1. The van der Waals surface area contributed by atoms with Crippen LogP contribution in [0, 0.1) is 0 Å². The number of ether oxygens (including phenoxy) is 1. The fraction of sp³-hybridized carbons (Fsp3) is 0.919. The standard InChI is InChI=1S/C74H143NO5/c1-3-5-7-9-11-13-15-17-19-20-32-36-40-44-48-52-56-60-64-68-74(79)80-69-65-61-57-53-49-45-41-37-34-31-29-27-25-23-21-22-24-26-28-30-33-35-39-43-47-51-55-59-63-67-73(78)75-71(70-76)72(77)66-62-58-54-50-46-42-38-18-16-14-12-10-8-6-4-2/h21,23,27,29,71-72,76-77H,3-20,22,24-26,28,30-70H2,1-2H3,(H,75,78)/b23-21-,29-27-. The molecule has 0 heterocycles. The number of aliphatic hydroxyl groups is 2. The summed E-state index contributed by atoms with van der Waals surface area (Å²) in [6.45, 7) is 4.99. The Balaban J connectivity index is 3.37. The lowest BCUT2D eigenvalue weighted by atomic mass is 10.0. The number of amides is 1. The molecule has 0 spiro atoms. The number of aliphatic hydroxyl groups excluding tert-OH is 2. The molecule has 0 bridgehead atoms. The van der Waals surface area contributed by atoms with Crippen LogP contribution in [0.15, 0.2) is 24.3 Å². The van der Waals surface area contributed by atoms with Crippen LogP contribution in [0.3, 0.4) is 0 Å². The molecule has 0 saturated heterocycles. The number of unbranched alkanes of at least 4 members (excludes halogenated alkanes) is 54. The molecule has 1 amide bonds. The average Bonchev–Trinajstić information content (AvgIpc) is 3.46. The molecule has 0 radical (unpaired) electrons. The van der Waals surface area contributed by atoms with Crippen molar-refractivity contribution in [3.05, 3.63) is 24.3 Å². The Morgan fingerprint density at radius 1 is 0.350 bits per heavy atom. The molecule has 0 aliphatic carbocycles. The van der Waals surface area contributed by atoms with Crippen molar-refractivity contribution < 1.29 is 24.5 Å². The fourth-order valence-corrected chi connectivity index (χ4v) is 11.7. The van der Waals surface area contributed by atoms with Crippen LogP contribution >= 0.6 is 0 Å². The lowest BCUT2D eigenvalue weighted by molar-refractivity contribution is -0.143. The van der Waals surface area contributed by atoms with E-state index in [1.807, 2.05) is 0 Å². The number of allylic oxidation sites excluding steroid dienone is 4. The first kappa shape index (κ1) is 78.3. The topological polar surface area (TPSA) is 95.9 Å². The predicted molar refractivity (Wildman–Crippen MR) is 352 cm³/mol. The van der Waals surface area contributed by atoms with E-state index in [-0.39, 0.29) is 18.5 Å². The van der Waals surface area contributed by atoms with Gasteiger partial charge in [-0.05, 0) is 57.8 Å². The van der Waals surface area contributed by atoms with Gasteiger partial charge >= 0.3 is 5.97 Å². The zero-order valence-electron chi connectivity index (χ0n) is 54.3. The average molecular weight is 1130 g/mol. The normalized spacial score (nSPS) is 12.6. The van der Waals surface area contributed by atoms with Crippen molar-refractivity contribution >= 4 is 11.9 Å². The number of carbonyl (C=O) groups is 2. The fourth-order valence-electron chi connectivity index (χ4n) is 11.7. The Morgan fingerprint density at radius 2 is 0.625 bits per heavy atom. The van der Waals surface area contributed by atoms with Gasteiger partial charge in [0, 0.05) is 12.8 Å². The maximum atomic E-state index is 12.5. The third-order valence-corrected chi connectivity index (χ3v) is 17.3. The van der Waals surface area contributed by atoms with Gasteiger partial charge in [-0.15, -0.1) is 0 Å². The Kier molecular flexibility index (Phi) is 68.4. The minimum absolute atomic E-state index is 0.0177. The molecule has 0 rings (SSSR count). The lowest BCUT2D eigenvalue weighted by Gasteiger charge is -2.22. The smallest absolute Gasteiger partial charge is 0.305 e. The van der Waals surface area contributed by atoms with E-state index in [0.29, 0.717) is 25.9 Å². The molecule has 80 heavy (non-hydrogen) atoms. The molecule has 0 saturated carbocycles.